The maximum atomic E-state index is 11.6. The number of carbonyl (C=O) groups is 1. The predicted molar refractivity (Wildman–Crippen MR) is 70.6 cm³/mol. The molecule has 0 bridgehead atoms. The van der Waals surface area contributed by atoms with Gasteiger partial charge in [-0.2, -0.15) is 0 Å². The van der Waals surface area contributed by atoms with E-state index in [0.717, 1.165) is 12.0 Å². The molecular formula is C13H17ClN2O2. The summed E-state index contributed by atoms with van der Waals surface area (Å²) < 4.78 is 5.69. The minimum Gasteiger partial charge on any atom is -0.371 e. The number of hydrogen-bond donors (Lipinski definition) is 2. The van der Waals surface area contributed by atoms with Gasteiger partial charge in [-0.15, -0.1) is 0 Å². The van der Waals surface area contributed by atoms with Crippen LogP contribution in [-0.2, 0) is 9.53 Å². The van der Waals surface area contributed by atoms with Crippen molar-refractivity contribution in [3.8, 4) is 0 Å². The molecule has 0 aliphatic carbocycles. The van der Waals surface area contributed by atoms with Crippen LogP contribution in [0.4, 0.5) is 0 Å². The SMILES string of the molecule is CNCC(=O)NC1CCOC1c1ccc(Cl)cc1. The molecule has 1 amide bonds. The van der Waals surface area contributed by atoms with Crippen LogP contribution in [0.2, 0.25) is 5.02 Å². The number of halogens is 1. The van der Waals surface area contributed by atoms with E-state index >= 15 is 0 Å². The van der Waals surface area contributed by atoms with Crippen LogP contribution in [0.15, 0.2) is 24.3 Å². The Morgan fingerprint density at radius 3 is 2.83 bits per heavy atom. The average Bonchev–Trinajstić information content (AvgIpc) is 2.78. The molecular weight excluding hydrogens is 252 g/mol. The Morgan fingerprint density at radius 2 is 2.17 bits per heavy atom. The van der Waals surface area contributed by atoms with E-state index in [1.807, 2.05) is 24.3 Å². The van der Waals surface area contributed by atoms with E-state index in [9.17, 15) is 4.79 Å². The summed E-state index contributed by atoms with van der Waals surface area (Å²) >= 11 is 5.86. The third-order valence-electron chi connectivity index (χ3n) is 2.97. The third kappa shape index (κ3) is 3.22. The van der Waals surface area contributed by atoms with Crippen molar-refractivity contribution in [3.05, 3.63) is 34.9 Å². The molecule has 1 fully saturated rings. The lowest BCUT2D eigenvalue weighted by Crippen LogP contribution is -2.41. The second-order valence-corrected chi connectivity index (χ2v) is 4.77. The van der Waals surface area contributed by atoms with Gasteiger partial charge in [-0.05, 0) is 31.2 Å². The molecule has 2 unspecified atom stereocenters. The van der Waals surface area contributed by atoms with Crippen molar-refractivity contribution in [2.75, 3.05) is 20.2 Å². The zero-order valence-corrected chi connectivity index (χ0v) is 11.0. The maximum Gasteiger partial charge on any atom is 0.234 e. The lowest BCUT2D eigenvalue weighted by molar-refractivity contribution is -0.121. The monoisotopic (exact) mass is 268 g/mol. The zero-order valence-electron chi connectivity index (χ0n) is 10.3. The number of hydrogen-bond acceptors (Lipinski definition) is 3. The van der Waals surface area contributed by atoms with Gasteiger partial charge in [0.05, 0.1) is 12.6 Å². The van der Waals surface area contributed by atoms with Gasteiger partial charge in [-0.25, -0.2) is 0 Å². The molecule has 2 atom stereocenters. The van der Waals surface area contributed by atoms with Gasteiger partial charge >= 0.3 is 0 Å². The average molecular weight is 269 g/mol. The fourth-order valence-electron chi connectivity index (χ4n) is 2.14. The van der Waals surface area contributed by atoms with E-state index in [1.165, 1.54) is 0 Å². The number of rotatable bonds is 4. The van der Waals surface area contributed by atoms with Crippen LogP contribution < -0.4 is 10.6 Å². The van der Waals surface area contributed by atoms with Gasteiger partial charge in [0.25, 0.3) is 0 Å². The van der Waals surface area contributed by atoms with Crippen molar-refractivity contribution in [3.63, 3.8) is 0 Å². The first kappa shape index (κ1) is 13.3. The largest absolute Gasteiger partial charge is 0.371 e. The van der Waals surface area contributed by atoms with Crippen molar-refractivity contribution in [1.82, 2.24) is 10.6 Å². The molecule has 5 heteroatoms. The van der Waals surface area contributed by atoms with Crippen molar-refractivity contribution in [1.29, 1.82) is 0 Å². The molecule has 1 heterocycles. The van der Waals surface area contributed by atoms with E-state index in [-0.39, 0.29) is 18.1 Å². The second-order valence-electron chi connectivity index (χ2n) is 4.34. The molecule has 18 heavy (non-hydrogen) atoms. The molecule has 98 valence electrons. The highest BCUT2D eigenvalue weighted by Crippen LogP contribution is 2.29. The van der Waals surface area contributed by atoms with Gasteiger partial charge in [-0.3, -0.25) is 4.79 Å². The molecule has 2 N–H and O–H groups in total. The van der Waals surface area contributed by atoms with E-state index in [1.54, 1.807) is 7.05 Å². The molecule has 0 saturated carbocycles. The Bertz CT molecular complexity index is 408. The Labute approximate surface area is 112 Å². The highest BCUT2D eigenvalue weighted by Gasteiger charge is 2.30. The summed E-state index contributed by atoms with van der Waals surface area (Å²) in [7, 11) is 1.75. The fraction of sp³-hybridized carbons (Fsp3) is 0.462. The molecule has 0 aromatic heterocycles. The number of carbonyl (C=O) groups excluding carboxylic acids is 1. The Balaban J connectivity index is 2.03. The highest BCUT2D eigenvalue weighted by atomic mass is 35.5. The minimum atomic E-state index is -0.0805. The van der Waals surface area contributed by atoms with Crippen LogP contribution in [0.5, 0.6) is 0 Å². The van der Waals surface area contributed by atoms with Gasteiger partial charge in [0.15, 0.2) is 0 Å². The summed E-state index contributed by atoms with van der Waals surface area (Å²) in [5, 5.41) is 6.52. The molecule has 1 aliphatic rings. The Kier molecular flexibility index (Phi) is 4.58. The number of benzene rings is 1. The standard InChI is InChI=1S/C13H17ClN2O2/c1-15-8-12(17)16-11-6-7-18-13(11)9-2-4-10(14)5-3-9/h2-5,11,13,15H,6-8H2,1H3,(H,16,17). The van der Waals surface area contributed by atoms with Crippen LogP contribution in [0.1, 0.15) is 18.1 Å². The molecule has 2 rings (SSSR count). The Hall–Kier alpha value is -1.10. The van der Waals surface area contributed by atoms with Gasteiger partial charge in [-0.1, -0.05) is 23.7 Å². The molecule has 1 saturated heterocycles. The van der Waals surface area contributed by atoms with Gasteiger partial charge in [0.2, 0.25) is 5.91 Å². The molecule has 0 spiro atoms. The van der Waals surface area contributed by atoms with E-state index in [0.29, 0.717) is 18.2 Å². The van der Waals surface area contributed by atoms with Crippen LogP contribution in [0.3, 0.4) is 0 Å². The number of amides is 1. The summed E-state index contributed by atoms with van der Waals surface area (Å²) in [6.45, 7) is 0.988. The normalized spacial score (nSPS) is 23.0. The smallest absolute Gasteiger partial charge is 0.234 e. The first-order valence-corrected chi connectivity index (χ1v) is 6.39. The van der Waals surface area contributed by atoms with Crippen LogP contribution in [-0.4, -0.2) is 32.1 Å². The first-order valence-electron chi connectivity index (χ1n) is 6.01. The fourth-order valence-corrected chi connectivity index (χ4v) is 2.26. The lowest BCUT2D eigenvalue weighted by Gasteiger charge is -2.20. The lowest BCUT2D eigenvalue weighted by atomic mass is 10.0. The first-order chi connectivity index (χ1) is 8.70. The van der Waals surface area contributed by atoms with Crippen LogP contribution in [0.25, 0.3) is 0 Å². The van der Waals surface area contributed by atoms with Crippen molar-refractivity contribution >= 4 is 17.5 Å². The molecule has 1 aromatic carbocycles. The van der Waals surface area contributed by atoms with Crippen molar-refractivity contribution in [2.24, 2.45) is 0 Å². The maximum absolute atomic E-state index is 11.6. The van der Waals surface area contributed by atoms with E-state index in [4.69, 9.17) is 16.3 Å². The van der Waals surface area contributed by atoms with Crippen LogP contribution >= 0.6 is 11.6 Å². The van der Waals surface area contributed by atoms with Crippen molar-refractivity contribution in [2.45, 2.75) is 18.6 Å². The topological polar surface area (TPSA) is 50.4 Å². The van der Waals surface area contributed by atoms with Crippen molar-refractivity contribution < 1.29 is 9.53 Å². The zero-order chi connectivity index (χ0) is 13.0. The predicted octanol–water partition coefficient (Wildman–Crippen LogP) is 1.51. The van der Waals surface area contributed by atoms with Gasteiger partial charge in [0, 0.05) is 11.6 Å². The molecule has 0 radical (unpaired) electrons. The number of likely N-dealkylation sites (N-methyl/N-ethyl adjacent to an activating group) is 1. The summed E-state index contributed by atoms with van der Waals surface area (Å²) in [6, 6.07) is 7.59. The summed E-state index contributed by atoms with van der Waals surface area (Å²) in [6.07, 6.45) is 0.756. The van der Waals surface area contributed by atoms with Crippen LogP contribution in [0, 0.1) is 0 Å². The number of nitrogens with one attached hydrogen (secondary N) is 2. The molecule has 4 nitrogen and oxygen atoms in total. The van der Waals surface area contributed by atoms with E-state index < -0.39 is 0 Å². The summed E-state index contributed by atoms with van der Waals surface area (Å²) in [5.41, 5.74) is 1.05. The third-order valence-corrected chi connectivity index (χ3v) is 3.23. The van der Waals surface area contributed by atoms with Gasteiger partial charge < -0.3 is 15.4 Å². The molecule has 1 aromatic rings. The number of ether oxygens (including phenoxy) is 1. The highest BCUT2D eigenvalue weighted by molar-refractivity contribution is 6.30. The minimum absolute atomic E-state index is 0.00744. The summed E-state index contributed by atoms with van der Waals surface area (Å²) in [4.78, 5) is 11.6. The molecule has 1 aliphatic heterocycles. The van der Waals surface area contributed by atoms with Gasteiger partial charge in [0.1, 0.15) is 6.10 Å². The Morgan fingerprint density at radius 1 is 1.44 bits per heavy atom. The second kappa shape index (κ2) is 6.18. The summed E-state index contributed by atoms with van der Waals surface area (Å²) in [5.74, 6) is -0.00744. The quantitative estimate of drug-likeness (QED) is 0.870. The van der Waals surface area contributed by atoms with E-state index in [2.05, 4.69) is 10.6 Å².